The minimum Gasteiger partial charge on any atom is -0.464 e. The summed E-state index contributed by atoms with van der Waals surface area (Å²) >= 11 is 0. The number of carbonyl (C=O) groups excluding carboxylic acids is 1. The van der Waals surface area contributed by atoms with Crippen molar-refractivity contribution in [2.24, 2.45) is 0 Å². The molecule has 1 rings (SSSR count). The Morgan fingerprint density at radius 1 is 1.25 bits per heavy atom. The molecule has 0 atom stereocenters. The topological polar surface area (TPSA) is 80.2 Å². The fraction of sp³-hybridized carbons (Fsp3) is 0.692. The van der Waals surface area contributed by atoms with E-state index in [4.69, 9.17) is 4.74 Å². The highest BCUT2D eigenvalue weighted by Gasteiger charge is 2.20. The normalized spacial score (nSPS) is 10.8. The maximum atomic E-state index is 11.8. The molecule has 0 spiro atoms. The molecule has 1 N–H and O–H groups in total. The van der Waals surface area contributed by atoms with E-state index < -0.39 is 0 Å². The van der Waals surface area contributed by atoms with Crippen LogP contribution in [0.2, 0.25) is 0 Å². The van der Waals surface area contributed by atoms with E-state index in [1.807, 2.05) is 34.6 Å². The van der Waals surface area contributed by atoms with Crippen LogP contribution in [-0.4, -0.2) is 39.5 Å². The first kappa shape index (κ1) is 16.1. The zero-order valence-electron chi connectivity index (χ0n) is 13.0. The van der Waals surface area contributed by atoms with Crippen LogP contribution >= 0.6 is 0 Å². The Kier molecular flexibility index (Phi) is 5.66. The van der Waals surface area contributed by atoms with Gasteiger partial charge in [0.25, 0.3) is 0 Å². The van der Waals surface area contributed by atoms with Crippen molar-refractivity contribution >= 4 is 17.8 Å². The predicted molar refractivity (Wildman–Crippen MR) is 78.1 cm³/mol. The SMILES string of the molecule is CCOc1nc(NC(C)C)nc(N(C(C)=O)C(C)C)n1. The Bertz CT molecular complexity index is 462. The van der Waals surface area contributed by atoms with Gasteiger partial charge in [0.2, 0.25) is 17.8 Å². The fourth-order valence-electron chi connectivity index (χ4n) is 1.71. The van der Waals surface area contributed by atoms with Gasteiger partial charge in [-0.1, -0.05) is 0 Å². The van der Waals surface area contributed by atoms with Crippen molar-refractivity contribution in [3.05, 3.63) is 0 Å². The molecule has 7 nitrogen and oxygen atoms in total. The number of nitrogens with one attached hydrogen (secondary N) is 1. The van der Waals surface area contributed by atoms with E-state index in [0.29, 0.717) is 18.5 Å². The molecule has 7 heteroatoms. The molecular formula is C13H23N5O2. The number of rotatable bonds is 6. The number of amides is 1. The molecule has 0 aliphatic carbocycles. The summed E-state index contributed by atoms with van der Waals surface area (Å²) in [6.45, 7) is 11.6. The number of carbonyl (C=O) groups is 1. The summed E-state index contributed by atoms with van der Waals surface area (Å²) in [5.74, 6) is 0.582. The van der Waals surface area contributed by atoms with Gasteiger partial charge in [0.1, 0.15) is 0 Å². The zero-order chi connectivity index (χ0) is 15.3. The lowest BCUT2D eigenvalue weighted by Crippen LogP contribution is -2.37. The second-order valence-corrected chi connectivity index (χ2v) is 4.96. The van der Waals surface area contributed by atoms with E-state index in [0.717, 1.165) is 0 Å². The van der Waals surface area contributed by atoms with Crippen LogP contribution in [0.1, 0.15) is 41.5 Å². The summed E-state index contributed by atoms with van der Waals surface area (Å²) in [4.78, 5) is 25.9. The van der Waals surface area contributed by atoms with Crippen molar-refractivity contribution in [1.82, 2.24) is 15.0 Å². The molecule has 0 radical (unpaired) electrons. The molecule has 1 aromatic heterocycles. The van der Waals surface area contributed by atoms with Crippen molar-refractivity contribution in [3.63, 3.8) is 0 Å². The van der Waals surface area contributed by atoms with Crippen LogP contribution in [0.15, 0.2) is 0 Å². The van der Waals surface area contributed by atoms with Gasteiger partial charge in [-0.05, 0) is 34.6 Å². The lowest BCUT2D eigenvalue weighted by molar-refractivity contribution is -0.117. The molecule has 0 saturated heterocycles. The summed E-state index contributed by atoms with van der Waals surface area (Å²) in [6.07, 6.45) is 0. The fourth-order valence-corrected chi connectivity index (χ4v) is 1.71. The van der Waals surface area contributed by atoms with Crippen LogP contribution in [0.25, 0.3) is 0 Å². The third kappa shape index (κ3) is 4.32. The minimum atomic E-state index is -0.121. The molecule has 0 aliphatic rings. The number of nitrogens with zero attached hydrogens (tertiary/aromatic N) is 4. The highest BCUT2D eigenvalue weighted by molar-refractivity contribution is 5.90. The lowest BCUT2D eigenvalue weighted by atomic mass is 10.3. The molecule has 0 unspecified atom stereocenters. The van der Waals surface area contributed by atoms with E-state index >= 15 is 0 Å². The van der Waals surface area contributed by atoms with Crippen LogP contribution in [-0.2, 0) is 4.79 Å². The molecule has 0 aromatic carbocycles. The Morgan fingerprint density at radius 2 is 1.90 bits per heavy atom. The molecule has 20 heavy (non-hydrogen) atoms. The quantitative estimate of drug-likeness (QED) is 0.857. The van der Waals surface area contributed by atoms with Gasteiger partial charge in [-0.3, -0.25) is 9.69 Å². The van der Waals surface area contributed by atoms with E-state index in [2.05, 4.69) is 20.3 Å². The van der Waals surface area contributed by atoms with Crippen LogP contribution in [0, 0.1) is 0 Å². The molecule has 1 amide bonds. The van der Waals surface area contributed by atoms with Gasteiger partial charge in [-0.15, -0.1) is 0 Å². The first-order valence-electron chi connectivity index (χ1n) is 6.80. The van der Waals surface area contributed by atoms with Gasteiger partial charge in [-0.25, -0.2) is 0 Å². The second-order valence-electron chi connectivity index (χ2n) is 4.96. The molecular weight excluding hydrogens is 258 g/mol. The van der Waals surface area contributed by atoms with Gasteiger partial charge in [0.15, 0.2) is 0 Å². The molecule has 0 bridgehead atoms. The van der Waals surface area contributed by atoms with Crippen molar-refractivity contribution < 1.29 is 9.53 Å². The third-order valence-corrected chi connectivity index (χ3v) is 2.37. The van der Waals surface area contributed by atoms with Gasteiger partial charge in [0.05, 0.1) is 6.61 Å². The van der Waals surface area contributed by atoms with Gasteiger partial charge >= 0.3 is 6.01 Å². The molecule has 112 valence electrons. The first-order valence-corrected chi connectivity index (χ1v) is 6.80. The average Bonchev–Trinajstić information content (AvgIpc) is 2.26. The Balaban J connectivity index is 3.22. The summed E-state index contributed by atoms with van der Waals surface area (Å²) in [6, 6.07) is 0.341. The molecule has 1 heterocycles. The maximum absolute atomic E-state index is 11.8. The van der Waals surface area contributed by atoms with Crippen LogP contribution in [0.4, 0.5) is 11.9 Å². The third-order valence-electron chi connectivity index (χ3n) is 2.37. The van der Waals surface area contributed by atoms with Gasteiger partial charge in [-0.2, -0.15) is 15.0 Å². The summed E-state index contributed by atoms with van der Waals surface area (Å²) in [5, 5.41) is 3.10. The predicted octanol–water partition coefficient (Wildman–Crippen LogP) is 1.85. The van der Waals surface area contributed by atoms with E-state index in [1.165, 1.54) is 11.8 Å². The standard InChI is InChI=1S/C13H23N5O2/c1-7-20-13-16-11(14-8(2)3)15-12(17-13)18(9(4)5)10(6)19/h8-9H,7H2,1-6H3,(H,14,15,16,17). The monoisotopic (exact) mass is 281 g/mol. The Morgan fingerprint density at radius 3 is 2.35 bits per heavy atom. The minimum absolute atomic E-state index is 0.0451. The van der Waals surface area contributed by atoms with E-state index in [-0.39, 0.29) is 24.0 Å². The molecule has 0 aliphatic heterocycles. The molecule has 0 fully saturated rings. The van der Waals surface area contributed by atoms with Gasteiger partial charge in [0, 0.05) is 19.0 Å². The summed E-state index contributed by atoms with van der Waals surface area (Å²) in [5.41, 5.74) is 0. The highest BCUT2D eigenvalue weighted by Crippen LogP contribution is 2.18. The smallest absolute Gasteiger partial charge is 0.323 e. The number of anilines is 2. The van der Waals surface area contributed by atoms with Crippen molar-refractivity contribution in [1.29, 1.82) is 0 Å². The molecule has 1 aromatic rings. The zero-order valence-corrected chi connectivity index (χ0v) is 13.0. The van der Waals surface area contributed by atoms with E-state index in [1.54, 1.807) is 0 Å². The average molecular weight is 281 g/mol. The Hall–Kier alpha value is -1.92. The van der Waals surface area contributed by atoms with Crippen molar-refractivity contribution in [2.75, 3.05) is 16.8 Å². The van der Waals surface area contributed by atoms with Crippen LogP contribution in [0.5, 0.6) is 6.01 Å². The number of hydrogen-bond acceptors (Lipinski definition) is 6. The largest absolute Gasteiger partial charge is 0.464 e. The van der Waals surface area contributed by atoms with Crippen LogP contribution < -0.4 is 15.0 Å². The van der Waals surface area contributed by atoms with Gasteiger partial charge < -0.3 is 10.1 Å². The summed E-state index contributed by atoms with van der Waals surface area (Å²) in [7, 11) is 0. The highest BCUT2D eigenvalue weighted by atomic mass is 16.5. The second kappa shape index (κ2) is 7.02. The van der Waals surface area contributed by atoms with Crippen molar-refractivity contribution in [2.45, 2.75) is 53.6 Å². The number of hydrogen-bond donors (Lipinski definition) is 1. The summed E-state index contributed by atoms with van der Waals surface area (Å²) < 4.78 is 5.34. The van der Waals surface area contributed by atoms with Crippen molar-refractivity contribution in [3.8, 4) is 6.01 Å². The number of ether oxygens (including phenoxy) is 1. The first-order chi connectivity index (χ1) is 9.35. The van der Waals surface area contributed by atoms with E-state index in [9.17, 15) is 4.79 Å². The maximum Gasteiger partial charge on any atom is 0.323 e. The molecule has 0 saturated carbocycles. The Labute approximate surface area is 119 Å². The van der Waals surface area contributed by atoms with Crippen LogP contribution in [0.3, 0.4) is 0 Å². The number of aromatic nitrogens is 3. The lowest BCUT2D eigenvalue weighted by Gasteiger charge is -2.23.